The number of pyridine rings is 1. The number of halogens is 3. The first-order valence-electron chi connectivity index (χ1n) is 3.44. The molecule has 76 valence electrons. The number of rotatable bonds is 2. The Balaban J connectivity index is 3.40. The van der Waals surface area contributed by atoms with Gasteiger partial charge in [0.05, 0.1) is 0 Å². The van der Waals surface area contributed by atoms with Crippen LogP contribution in [-0.2, 0) is 0 Å². The maximum atomic E-state index is 12.2. The van der Waals surface area contributed by atoms with Crippen LogP contribution in [0.15, 0.2) is 10.9 Å². The lowest BCUT2D eigenvalue weighted by molar-refractivity contribution is 0.107. The summed E-state index contributed by atoms with van der Waals surface area (Å²) < 4.78 is 24.4. The van der Waals surface area contributed by atoms with E-state index in [1.165, 1.54) is 0 Å². The predicted octanol–water partition coefficient (Wildman–Crippen LogP) is 1.27. The monoisotopic (exact) mass is 222 g/mol. The van der Waals surface area contributed by atoms with E-state index in [0.29, 0.717) is 6.07 Å². The van der Waals surface area contributed by atoms with Gasteiger partial charge in [0.2, 0.25) is 0 Å². The second-order valence-electron chi connectivity index (χ2n) is 2.45. The fraction of sp³-hybridized carbons (Fsp3) is 0.143. The molecule has 1 heterocycles. The van der Waals surface area contributed by atoms with Crippen molar-refractivity contribution in [3.05, 3.63) is 27.5 Å². The molecule has 0 aliphatic heterocycles. The third-order valence-corrected chi connectivity index (χ3v) is 1.73. The highest BCUT2D eigenvalue weighted by molar-refractivity contribution is 6.67. The number of carbonyl (C=O) groups is 1. The molecule has 4 nitrogen and oxygen atoms in total. The molecule has 0 saturated heterocycles. The smallest absolute Gasteiger partial charge is 0.271 e. The minimum atomic E-state index is -2.99. The molecule has 0 saturated carbocycles. The first-order valence-corrected chi connectivity index (χ1v) is 3.82. The third-order valence-electron chi connectivity index (χ3n) is 1.53. The average molecular weight is 223 g/mol. The maximum absolute atomic E-state index is 12.2. The molecular weight excluding hydrogens is 218 g/mol. The number of nitrogen functional groups attached to an aromatic ring is 1. The molecule has 1 aromatic heterocycles. The van der Waals surface area contributed by atoms with Gasteiger partial charge in [-0.2, -0.15) is 0 Å². The lowest BCUT2D eigenvalue weighted by Gasteiger charge is -2.04. The zero-order valence-electron chi connectivity index (χ0n) is 6.68. The molecule has 14 heavy (non-hydrogen) atoms. The molecule has 3 N–H and O–H groups in total. The first kappa shape index (κ1) is 10.6. The number of nitrogens with two attached hydrogens (primary N) is 1. The van der Waals surface area contributed by atoms with E-state index in [1.807, 2.05) is 0 Å². The van der Waals surface area contributed by atoms with Crippen LogP contribution in [0.25, 0.3) is 0 Å². The maximum Gasteiger partial charge on any atom is 0.271 e. The van der Waals surface area contributed by atoms with Gasteiger partial charge in [-0.1, -0.05) is 0 Å². The van der Waals surface area contributed by atoms with Crippen LogP contribution in [0.5, 0.6) is 0 Å². The Morgan fingerprint density at radius 1 is 1.57 bits per heavy atom. The molecule has 0 aromatic carbocycles. The van der Waals surface area contributed by atoms with E-state index in [0.717, 1.165) is 0 Å². The van der Waals surface area contributed by atoms with E-state index in [-0.39, 0.29) is 5.69 Å². The third kappa shape index (κ3) is 1.90. The molecular formula is C7H5ClF2N2O2. The SMILES string of the molecule is Nc1[nH]c(C(=O)Cl)cc(=O)c1C(F)F. The van der Waals surface area contributed by atoms with Crippen LogP contribution < -0.4 is 11.2 Å². The van der Waals surface area contributed by atoms with E-state index >= 15 is 0 Å². The summed E-state index contributed by atoms with van der Waals surface area (Å²) in [7, 11) is 0. The summed E-state index contributed by atoms with van der Waals surface area (Å²) in [6.45, 7) is 0. The zero-order valence-corrected chi connectivity index (χ0v) is 7.44. The minimum Gasteiger partial charge on any atom is -0.385 e. The summed E-state index contributed by atoms with van der Waals surface area (Å²) >= 11 is 5.03. The van der Waals surface area contributed by atoms with Gasteiger partial charge in [0.15, 0.2) is 5.43 Å². The van der Waals surface area contributed by atoms with Gasteiger partial charge in [0, 0.05) is 6.07 Å². The quantitative estimate of drug-likeness (QED) is 0.740. The van der Waals surface area contributed by atoms with E-state index in [9.17, 15) is 18.4 Å². The summed E-state index contributed by atoms with van der Waals surface area (Å²) in [5.74, 6) is -0.545. The normalized spacial score (nSPS) is 10.6. The van der Waals surface area contributed by atoms with Crippen molar-refractivity contribution in [2.24, 2.45) is 0 Å². The van der Waals surface area contributed by atoms with Crippen LogP contribution in [0.4, 0.5) is 14.6 Å². The summed E-state index contributed by atoms with van der Waals surface area (Å²) in [5, 5.41) is -0.963. The van der Waals surface area contributed by atoms with Gasteiger partial charge in [0.25, 0.3) is 11.7 Å². The summed E-state index contributed by atoms with van der Waals surface area (Å²) in [5.41, 5.74) is 2.94. The van der Waals surface area contributed by atoms with Gasteiger partial charge in [-0.15, -0.1) is 0 Å². The van der Waals surface area contributed by atoms with Crippen molar-refractivity contribution in [1.82, 2.24) is 4.98 Å². The summed E-state index contributed by atoms with van der Waals surface area (Å²) in [6, 6.07) is 0.688. The number of nitrogens with one attached hydrogen (secondary N) is 1. The Hall–Kier alpha value is -1.43. The van der Waals surface area contributed by atoms with Gasteiger partial charge < -0.3 is 10.7 Å². The lowest BCUT2D eigenvalue weighted by Crippen LogP contribution is -2.16. The number of H-pyrrole nitrogens is 1. The van der Waals surface area contributed by atoms with Crippen LogP contribution in [0.1, 0.15) is 22.5 Å². The average Bonchev–Trinajstić information content (AvgIpc) is 2.01. The molecule has 0 amide bonds. The molecule has 0 spiro atoms. The van der Waals surface area contributed by atoms with Crippen molar-refractivity contribution in [2.75, 3.05) is 5.73 Å². The van der Waals surface area contributed by atoms with Crippen molar-refractivity contribution < 1.29 is 13.6 Å². The number of alkyl halides is 2. The van der Waals surface area contributed by atoms with Crippen LogP contribution in [0.2, 0.25) is 0 Å². The molecule has 0 fully saturated rings. The molecule has 0 atom stereocenters. The Bertz CT molecular complexity index is 430. The predicted molar refractivity (Wildman–Crippen MR) is 46.6 cm³/mol. The second-order valence-corrected chi connectivity index (χ2v) is 2.79. The zero-order chi connectivity index (χ0) is 10.9. The highest BCUT2D eigenvalue weighted by Crippen LogP contribution is 2.19. The fourth-order valence-corrected chi connectivity index (χ4v) is 1.02. The number of anilines is 1. The molecule has 0 bridgehead atoms. The van der Waals surface area contributed by atoms with Crippen molar-refractivity contribution in [3.8, 4) is 0 Å². The van der Waals surface area contributed by atoms with Crippen LogP contribution >= 0.6 is 11.6 Å². The summed E-state index contributed by atoms with van der Waals surface area (Å²) in [6.07, 6.45) is -2.99. The topological polar surface area (TPSA) is 76.0 Å². The first-order chi connectivity index (χ1) is 6.43. The Kier molecular flexibility index (Phi) is 2.85. The van der Waals surface area contributed by atoms with E-state index in [2.05, 4.69) is 4.98 Å². The molecule has 1 aromatic rings. The van der Waals surface area contributed by atoms with Gasteiger partial charge in [-0.25, -0.2) is 8.78 Å². The fourth-order valence-electron chi connectivity index (χ4n) is 0.921. The number of carbonyl (C=O) groups excluding carboxylic acids is 1. The molecule has 0 aliphatic carbocycles. The Labute approximate surface area is 81.7 Å². The molecule has 0 unspecified atom stereocenters. The highest BCUT2D eigenvalue weighted by atomic mass is 35.5. The Morgan fingerprint density at radius 2 is 2.14 bits per heavy atom. The van der Waals surface area contributed by atoms with Crippen molar-refractivity contribution in [3.63, 3.8) is 0 Å². The van der Waals surface area contributed by atoms with Crippen molar-refractivity contribution >= 4 is 22.7 Å². The van der Waals surface area contributed by atoms with E-state index < -0.39 is 28.5 Å². The number of hydrogen-bond donors (Lipinski definition) is 2. The molecule has 1 rings (SSSR count). The van der Waals surface area contributed by atoms with Gasteiger partial charge >= 0.3 is 0 Å². The van der Waals surface area contributed by atoms with Crippen LogP contribution in [0.3, 0.4) is 0 Å². The van der Waals surface area contributed by atoms with E-state index in [4.69, 9.17) is 17.3 Å². The van der Waals surface area contributed by atoms with Gasteiger partial charge in [-0.05, 0) is 11.6 Å². The highest BCUT2D eigenvalue weighted by Gasteiger charge is 2.18. The number of aromatic amines is 1. The van der Waals surface area contributed by atoms with Gasteiger partial charge in [0.1, 0.15) is 17.1 Å². The van der Waals surface area contributed by atoms with Crippen LogP contribution in [-0.4, -0.2) is 10.2 Å². The number of hydrogen-bond acceptors (Lipinski definition) is 3. The minimum absolute atomic E-state index is 0.307. The largest absolute Gasteiger partial charge is 0.385 e. The van der Waals surface area contributed by atoms with E-state index in [1.54, 1.807) is 0 Å². The Morgan fingerprint density at radius 3 is 2.50 bits per heavy atom. The number of aromatic nitrogens is 1. The summed E-state index contributed by atoms with van der Waals surface area (Å²) in [4.78, 5) is 23.7. The molecule has 7 heteroatoms. The molecule has 0 aliphatic rings. The molecule has 0 radical (unpaired) electrons. The lowest BCUT2D eigenvalue weighted by atomic mass is 10.2. The van der Waals surface area contributed by atoms with Crippen molar-refractivity contribution in [2.45, 2.75) is 6.43 Å². The standard InChI is InChI=1S/C7H5ClF2N2O2/c8-5(14)2-1-3(13)4(6(9)10)7(11)12-2/h1,6H,(H3,11,12,13). The second kappa shape index (κ2) is 3.75. The van der Waals surface area contributed by atoms with Gasteiger partial charge in [-0.3, -0.25) is 9.59 Å². The van der Waals surface area contributed by atoms with Crippen LogP contribution in [0, 0.1) is 0 Å². The van der Waals surface area contributed by atoms with Crippen molar-refractivity contribution in [1.29, 1.82) is 0 Å².